The molecular weight excluding hydrogens is 392 g/mol. The minimum Gasteiger partial charge on any atom is -0.352 e. The van der Waals surface area contributed by atoms with E-state index in [4.69, 9.17) is 0 Å². The molecule has 0 aliphatic rings. The van der Waals surface area contributed by atoms with Gasteiger partial charge >= 0.3 is 0 Å². The molecule has 2 rings (SSSR count). The van der Waals surface area contributed by atoms with Crippen LogP contribution in [0.2, 0.25) is 0 Å². The first-order chi connectivity index (χ1) is 14.3. The lowest BCUT2D eigenvalue weighted by atomic mass is 10.1. The van der Waals surface area contributed by atoms with Crippen molar-refractivity contribution in [3.8, 4) is 0 Å². The Labute approximate surface area is 185 Å². The first-order valence-corrected chi connectivity index (χ1v) is 11.7. The molecular formula is C25H34N2O2S. The maximum absolute atomic E-state index is 13.1. The highest BCUT2D eigenvalue weighted by Gasteiger charge is 2.26. The largest absolute Gasteiger partial charge is 0.352 e. The van der Waals surface area contributed by atoms with E-state index in [0.717, 1.165) is 17.7 Å². The first-order valence-electron chi connectivity index (χ1n) is 10.6. The monoisotopic (exact) mass is 426 g/mol. The second-order valence-electron chi connectivity index (χ2n) is 7.99. The number of hydrogen-bond donors (Lipinski definition) is 1. The summed E-state index contributed by atoms with van der Waals surface area (Å²) < 4.78 is 0. The Balaban J connectivity index is 2.06. The van der Waals surface area contributed by atoms with Crippen LogP contribution < -0.4 is 5.32 Å². The predicted molar refractivity (Wildman–Crippen MR) is 126 cm³/mol. The van der Waals surface area contributed by atoms with E-state index in [-0.39, 0.29) is 17.9 Å². The zero-order valence-electron chi connectivity index (χ0n) is 18.8. The smallest absolute Gasteiger partial charge is 0.242 e. The van der Waals surface area contributed by atoms with Crippen molar-refractivity contribution >= 4 is 23.6 Å². The summed E-state index contributed by atoms with van der Waals surface area (Å²) in [5.41, 5.74) is 4.71. The summed E-state index contributed by atoms with van der Waals surface area (Å²) in [4.78, 5) is 27.5. The van der Waals surface area contributed by atoms with Crippen LogP contribution in [0, 0.1) is 13.8 Å². The van der Waals surface area contributed by atoms with Gasteiger partial charge in [-0.3, -0.25) is 9.59 Å². The zero-order chi connectivity index (χ0) is 22.1. The summed E-state index contributed by atoms with van der Waals surface area (Å²) in [5.74, 6) is 1.01. The van der Waals surface area contributed by atoms with E-state index in [2.05, 4.69) is 37.4 Å². The zero-order valence-corrected chi connectivity index (χ0v) is 19.6. The highest BCUT2D eigenvalue weighted by molar-refractivity contribution is 7.99. The molecule has 2 amide bonds. The standard InChI is InChI=1S/C25H34N2O2S/c1-6-20(4)26-25(29)21(5)27(15-22-10-8-7-9-11-22)24(28)17-30-16-23-13-18(2)12-19(3)14-23/h7-14,20-21H,6,15-17H2,1-5H3,(H,26,29)/t20-,21+/m1/s1. The molecule has 0 spiro atoms. The van der Waals surface area contributed by atoms with Gasteiger partial charge in [0.15, 0.2) is 0 Å². The Hall–Kier alpha value is -2.27. The Kier molecular flexibility index (Phi) is 9.44. The number of amides is 2. The maximum Gasteiger partial charge on any atom is 0.242 e. The molecule has 5 heteroatoms. The molecule has 0 heterocycles. The van der Waals surface area contributed by atoms with E-state index >= 15 is 0 Å². The summed E-state index contributed by atoms with van der Waals surface area (Å²) in [5, 5.41) is 3.01. The van der Waals surface area contributed by atoms with Crippen LogP contribution in [0.15, 0.2) is 48.5 Å². The van der Waals surface area contributed by atoms with Crippen LogP contribution in [0.4, 0.5) is 0 Å². The Morgan fingerprint density at radius 2 is 1.63 bits per heavy atom. The molecule has 1 N–H and O–H groups in total. The number of rotatable bonds is 10. The van der Waals surface area contributed by atoms with Gasteiger partial charge in [0.05, 0.1) is 5.75 Å². The molecule has 2 aromatic rings. The SMILES string of the molecule is CC[C@@H](C)NC(=O)[C@H](C)N(Cc1ccccc1)C(=O)CSCc1cc(C)cc(C)c1. The highest BCUT2D eigenvalue weighted by atomic mass is 32.2. The van der Waals surface area contributed by atoms with Crippen molar-refractivity contribution in [2.75, 3.05) is 5.75 Å². The highest BCUT2D eigenvalue weighted by Crippen LogP contribution is 2.18. The lowest BCUT2D eigenvalue weighted by Gasteiger charge is -2.29. The number of benzene rings is 2. The van der Waals surface area contributed by atoms with Crippen molar-refractivity contribution in [2.45, 2.75) is 65.4 Å². The van der Waals surface area contributed by atoms with Gasteiger partial charge in [-0.05, 0) is 45.2 Å². The Morgan fingerprint density at radius 1 is 1.00 bits per heavy atom. The number of nitrogens with one attached hydrogen (secondary N) is 1. The van der Waals surface area contributed by atoms with E-state index < -0.39 is 6.04 Å². The molecule has 0 saturated heterocycles. The third-order valence-electron chi connectivity index (χ3n) is 5.14. The van der Waals surface area contributed by atoms with Gasteiger partial charge in [-0.25, -0.2) is 0 Å². The number of aryl methyl sites for hydroxylation is 2. The Morgan fingerprint density at radius 3 is 2.23 bits per heavy atom. The lowest BCUT2D eigenvalue weighted by Crippen LogP contribution is -2.50. The van der Waals surface area contributed by atoms with Crippen LogP contribution in [0.25, 0.3) is 0 Å². The van der Waals surface area contributed by atoms with E-state index in [1.165, 1.54) is 16.7 Å². The maximum atomic E-state index is 13.1. The van der Waals surface area contributed by atoms with Gasteiger partial charge in [0.25, 0.3) is 0 Å². The van der Waals surface area contributed by atoms with Gasteiger partial charge in [-0.15, -0.1) is 11.8 Å². The summed E-state index contributed by atoms with van der Waals surface area (Å²) in [6, 6.07) is 15.9. The van der Waals surface area contributed by atoms with E-state index in [9.17, 15) is 9.59 Å². The summed E-state index contributed by atoms with van der Waals surface area (Å²) in [6.45, 7) is 10.4. The fourth-order valence-corrected chi connectivity index (χ4v) is 4.16. The average molecular weight is 427 g/mol. The van der Waals surface area contributed by atoms with Crippen LogP contribution in [0.3, 0.4) is 0 Å². The molecule has 0 unspecified atom stereocenters. The van der Waals surface area contributed by atoms with Gasteiger partial charge in [-0.1, -0.05) is 66.6 Å². The van der Waals surface area contributed by atoms with E-state index in [0.29, 0.717) is 12.3 Å². The average Bonchev–Trinajstić information content (AvgIpc) is 2.71. The summed E-state index contributed by atoms with van der Waals surface area (Å²) in [7, 11) is 0. The Bertz CT molecular complexity index is 818. The van der Waals surface area contributed by atoms with Crippen molar-refractivity contribution in [2.24, 2.45) is 0 Å². The number of carbonyl (C=O) groups excluding carboxylic acids is 2. The van der Waals surface area contributed by atoms with Gasteiger partial charge in [-0.2, -0.15) is 0 Å². The van der Waals surface area contributed by atoms with Gasteiger partial charge in [0, 0.05) is 18.3 Å². The quantitative estimate of drug-likeness (QED) is 0.590. The third kappa shape index (κ3) is 7.52. The normalized spacial score (nSPS) is 12.8. The number of carbonyl (C=O) groups is 2. The van der Waals surface area contributed by atoms with Crippen LogP contribution in [-0.2, 0) is 21.9 Å². The molecule has 0 aliphatic heterocycles. The van der Waals surface area contributed by atoms with Crippen molar-refractivity contribution in [1.29, 1.82) is 0 Å². The minimum absolute atomic E-state index is 0.0139. The molecule has 162 valence electrons. The molecule has 0 fully saturated rings. The van der Waals surface area contributed by atoms with Crippen LogP contribution in [-0.4, -0.2) is 34.6 Å². The molecule has 4 nitrogen and oxygen atoms in total. The van der Waals surface area contributed by atoms with E-state index in [1.54, 1.807) is 16.7 Å². The third-order valence-corrected chi connectivity index (χ3v) is 6.13. The fourth-order valence-electron chi connectivity index (χ4n) is 3.32. The second-order valence-corrected chi connectivity index (χ2v) is 8.98. The van der Waals surface area contributed by atoms with Crippen molar-refractivity contribution in [3.05, 3.63) is 70.8 Å². The molecule has 30 heavy (non-hydrogen) atoms. The van der Waals surface area contributed by atoms with Crippen LogP contribution in [0.5, 0.6) is 0 Å². The van der Waals surface area contributed by atoms with Crippen molar-refractivity contribution in [1.82, 2.24) is 10.2 Å². The molecule has 0 aromatic heterocycles. The van der Waals surface area contributed by atoms with Gasteiger partial charge in [0.1, 0.15) is 6.04 Å². The summed E-state index contributed by atoms with van der Waals surface area (Å²) >= 11 is 1.60. The predicted octanol–water partition coefficient (Wildman–Crippen LogP) is 4.87. The minimum atomic E-state index is -0.520. The van der Waals surface area contributed by atoms with Gasteiger partial charge in [0.2, 0.25) is 11.8 Å². The molecule has 0 bridgehead atoms. The molecule has 0 radical (unpaired) electrons. The summed E-state index contributed by atoms with van der Waals surface area (Å²) in [6.07, 6.45) is 0.858. The fraction of sp³-hybridized carbons (Fsp3) is 0.440. The molecule has 0 aliphatic carbocycles. The topological polar surface area (TPSA) is 49.4 Å². The van der Waals surface area contributed by atoms with Crippen molar-refractivity contribution < 1.29 is 9.59 Å². The van der Waals surface area contributed by atoms with Crippen LogP contribution in [0.1, 0.15) is 49.4 Å². The second kappa shape index (κ2) is 11.8. The van der Waals surface area contributed by atoms with E-state index in [1.807, 2.05) is 51.1 Å². The van der Waals surface area contributed by atoms with Crippen molar-refractivity contribution in [3.63, 3.8) is 0 Å². The number of thioether (sulfide) groups is 1. The molecule has 2 aromatic carbocycles. The first kappa shape index (κ1) is 24.0. The molecule has 2 atom stereocenters. The molecule has 0 saturated carbocycles. The number of hydrogen-bond acceptors (Lipinski definition) is 3. The lowest BCUT2D eigenvalue weighted by molar-refractivity contribution is -0.138. The number of nitrogens with zero attached hydrogens (tertiary/aromatic N) is 1. The van der Waals surface area contributed by atoms with Crippen LogP contribution >= 0.6 is 11.8 Å². The van der Waals surface area contributed by atoms with Gasteiger partial charge < -0.3 is 10.2 Å².